The third kappa shape index (κ3) is 3.21. The van der Waals surface area contributed by atoms with E-state index in [9.17, 15) is 0 Å². The van der Waals surface area contributed by atoms with Gasteiger partial charge >= 0.3 is 0 Å². The molecule has 1 aromatic heterocycles. The maximum atomic E-state index is 6.09. The molecule has 2 fully saturated rings. The summed E-state index contributed by atoms with van der Waals surface area (Å²) < 4.78 is 0. The predicted molar refractivity (Wildman–Crippen MR) is 98.9 cm³/mol. The monoisotopic (exact) mass is 345 g/mol. The summed E-state index contributed by atoms with van der Waals surface area (Å²) in [6.45, 7) is 6.71. The second kappa shape index (κ2) is 6.82. The Kier molecular flexibility index (Phi) is 4.57. The molecule has 2 aliphatic rings. The standard InChI is InChI=1S/C18H24ClN5/c1-22-6-2-3-15(12-22)23-7-9-24(10-8-23)18-16-5-4-14(19)11-17(16)20-13-21-18/h4-5,11,13,15H,2-3,6-10,12H2,1H3. The number of hydrogen-bond acceptors (Lipinski definition) is 5. The van der Waals surface area contributed by atoms with Gasteiger partial charge in [-0.3, -0.25) is 4.90 Å². The molecule has 0 aliphatic carbocycles. The normalized spacial score (nSPS) is 23.8. The molecule has 1 atom stereocenters. The fraction of sp³-hybridized carbons (Fsp3) is 0.556. The molecule has 2 aliphatic heterocycles. The fourth-order valence-corrected chi connectivity index (χ4v) is 4.17. The van der Waals surface area contributed by atoms with E-state index in [2.05, 4.69) is 31.7 Å². The Bertz CT molecular complexity index is 714. The summed E-state index contributed by atoms with van der Waals surface area (Å²) in [5, 5.41) is 1.81. The van der Waals surface area contributed by atoms with Crippen LogP contribution in [0.5, 0.6) is 0 Å². The van der Waals surface area contributed by atoms with E-state index in [1.807, 2.05) is 18.2 Å². The van der Waals surface area contributed by atoms with Crippen LogP contribution in [0, 0.1) is 0 Å². The second-order valence-corrected chi connectivity index (χ2v) is 7.38. The predicted octanol–water partition coefficient (Wildman–Crippen LogP) is 2.50. The van der Waals surface area contributed by atoms with Gasteiger partial charge in [-0.05, 0) is 44.6 Å². The number of rotatable bonds is 2. The van der Waals surface area contributed by atoms with Gasteiger partial charge in [-0.1, -0.05) is 11.6 Å². The largest absolute Gasteiger partial charge is 0.353 e. The third-order valence-corrected chi connectivity index (χ3v) is 5.54. The Morgan fingerprint density at radius 1 is 1.08 bits per heavy atom. The van der Waals surface area contributed by atoms with Crippen molar-refractivity contribution in [1.82, 2.24) is 19.8 Å². The summed E-state index contributed by atoms with van der Waals surface area (Å²) >= 11 is 6.09. The lowest BCUT2D eigenvalue weighted by Gasteiger charge is -2.43. The average molecular weight is 346 g/mol. The highest BCUT2D eigenvalue weighted by molar-refractivity contribution is 6.31. The van der Waals surface area contributed by atoms with Gasteiger partial charge in [0.15, 0.2) is 0 Å². The van der Waals surface area contributed by atoms with Crippen LogP contribution in [0.25, 0.3) is 10.9 Å². The molecule has 0 N–H and O–H groups in total. The highest BCUT2D eigenvalue weighted by Gasteiger charge is 2.27. The zero-order valence-electron chi connectivity index (χ0n) is 14.2. The molecule has 2 aromatic rings. The van der Waals surface area contributed by atoms with E-state index in [0.717, 1.165) is 47.9 Å². The zero-order valence-corrected chi connectivity index (χ0v) is 14.9. The molecule has 24 heavy (non-hydrogen) atoms. The maximum absolute atomic E-state index is 6.09. The molecule has 6 heteroatoms. The molecule has 0 spiro atoms. The summed E-state index contributed by atoms with van der Waals surface area (Å²) in [5.74, 6) is 1.04. The van der Waals surface area contributed by atoms with E-state index in [-0.39, 0.29) is 0 Å². The van der Waals surface area contributed by atoms with Crippen LogP contribution >= 0.6 is 11.6 Å². The quantitative estimate of drug-likeness (QED) is 0.835. The van der Waals surface area contributed by atoms with Gasteiger partial charge in [0.1, 0.15) is 12.1 Å². The molecule has 2 saturated heterocycles. The Morgan fingerprint density at radius 3 is 2.71 bits per heavy atom. The lowest BCUT2D eigenvalue weighted by atomic mass is 10.0. The molecule has 1 unspecified atom stereocenters. The third-order valence-electron chi connectivity index (χ3n) is 5.31. The van der Waals surface area contributed by atoms with Crippen LogP contribution in [0.4, 0.5) is 5.82 Å². The average Bonchev–Trinajstić information content (AvgIpc) is 2.61. The van der Waals surface area contributed by atoms with Crippen molar-refractivity contribution in [1.29, 1.82) is 0 Å². The van der Waals surface area contributed by atoms with Gasteiger partial charge in [-0.15, -0.1) is 0 Å². The van der Waals surface area contributed by atoms with E-state index in [0.29, 0.717) is 6.04 Å². The van der Waals surface area contributed by atoms with Crippen molar-refractivity contribution in [3.8, 4) is 0 Å². The van der Waals surface area contributed by atoms with Crippen molar-refractivity contribution in [3.05, 3.63) is 29.5 Å². The van der Waals surface area contributed by atoms with Crippen molar-refractivity contribution in [2.75, 3.05) is 51.2 Å². The SMILES string of the molecule is CN1CCCC(N2CCN(c3ncnc4cc(Cl)ccc34)CC2)C1. The van der Waals surface area contributed by atoms with E-state index in [1.165, 1.54) is 25.9 Å². The van der Waals surface area contributed by atoms with E-state index in [1.54, 1.807) is 6.33 Å². The van der Waals surface area contributed by atoms with E-state index >= 15 is 0 Å². The number of nitrogens with zero attached hydrogens (tertiary/aromatic N) is 5. The fourth-order valence-electron chi connectivity index (χ4n) is 4.00. The smallest absolute Gasteiger partial charge is 0.139 e. The molecule has 1 aromatic carbocycles. The van der Waals surface area contributed by atoms with Crippen molar-refractivity contribution in [2.24, 2.45) is 0 Å². The molecule has 4 rings (SSSR count). The van der Waals surface area contributed by atoms with Gasteiger partial charge in [0.2, 0.25) is 0 Å². The number of piperidine rings is 1. The number of piperazine rings is 1. The van der Waals surface area contributed by atoms with Crippen molar-refractivity contribution in [3.63, 3.8) is 0 Å². The number of fused-ring (bicyclic) bond motifs is 1. The summed E-state index contributed by atoms with van der Waals surface area (Å²) in [7, 11) is 2.24. The zero-order chi connectivity index (χ0) is 16.5. The first-order chi connectivity index (χ1) is 11.7. The summed E-state index contributed by atoms with van der Waals surface area (Å²) in [4.78, 5) is 16.4. The van der Waals surface area contributed by atoms with Crippen LogP contribution in [0.2, 0.25) is 5.02 Å². The number of hydrogen-bond donors (Lipinski definition) is 0. The van der Waals surface area contributed by atoms with Gasteiger partial charge in [0.25, 0.3) is 0 Å². The first kappa shape index (κ1) is 16.1. The molecule has 0 saturated carbocycles. The van der Waals surface area contributed by atoms with Crippen LogP contribution in [-0.2, 0) is 0 Å². The van der Waals surface area contributed by atoms with Gasteiger partial charge < -0.3 is 9.80 Å². The minimum atomic E-state index is 0.715. The van der Waals surface area contributed by atoms with Crippen LogP contribution in [0.15, 0.2) is 24.5 Å². The first-order valence-corrected chi connectivity index (χ1v) is 9.16. The Morgan fingerprint density at radius 2 is 1.92 bits per heavy atom. The number of aromatic nitrogens is 2. The summed E-state index contributed by atoms with van der Waals surface area (Å²) in [6, 6.07) is 6.59. The van der Waals surface area contributed by atoms with E-state index in [4.69, 9.17) is 11.6 Å². The second-order valence-electron chi connectivity index (χ2n) is 6.94. The van der Waals surface area contributed by atoms with Gasteiger partial charge in [-0.2, -0.15) is 0 Å². The van der Waals surface area contributed by atoms with Gasteiger partial charge in [0, 0.05) is 49.2 Å². The Labute approximate surface area is 148 Å². The Hall–Kier alpha value is -1.43. The van der Waals surface area contributed by atoms with Crippen LogP contribution in [0.3, 0.4) is 0 Å². The molecule has 0 bridgehead atoms. The lowest BCUT2D eigenvalue weighted by molar-refractivity contribution is 0.106. The minimum absolute atomic E-state index is 0.715. The van der Waals surface area contributed by atoms with Crippen molar-refractivity contribution in [2.45, 2.75) is 18.9 Å². The highest BCUT2D eigenvalue weighted by Crippen LogP contribution is 2.27. The van der Waals surface area contributed by atoms with Gasteiger partial charge in [0.05, 0.1) is 5.52 Å². The Balaban J connectivity index is 1.48. The highest BCUT2D eigenvalue weighted by atomic mass is 35.5. The number of likely N-dealkylation sites (tertiary alicyclic amines) is 1. The molecular formula is C18H24ClN5. The number of halogens is 1. The molecule has 0 radical (unpaired) electrons. The number of benzene rings is 1. The van der Waals surface area contributed by atoms with Crippen molar-refractivity contribution < 1.29 is 0 Å². The molecule has 5 nitrogen and oxygen atoms in total. The summed E-state index contributed by atoms with van der Waals surface area (Å²) in [5.41, 5.74) is 0.920. The minimum Gasteiger partial charge on any atom is -0.353 e. The lowest BCUT2D eigenvalue weighted by Crippen LogP contribution is -2.54. The van der Waals surface area contributed by atoms with Crippen LogP contribution < -0.4 is 4.90 Å². The summed E-state index contributed by atoms with van der Waals surface area (Å²) in [6.07, 6.45) is 4.30. The molecule has 0 amide bonds. The topological polar surface area (TPSA) is 35.5 Å². The molecule has 3 heterocycles. The van der Waals surface area contributed by atoms with Gasteiger partial charge in [-0.25, -0.2) is 9.97 Å². The number of anilines is 1. The molecular weight excluding hydrogens is 322 g/mol. The first-order valence-electron chi connectivity index (χ1n) is 8.78. The number of likely N-dealkylation sites (N-methyl/N-ethyl adjacent to an activating group) is 1. The molecule has 128 valence electrons. The van der Waals surface area contributed by atoms with Crippen LogP contribution in [-0.4, -0.2) is 72.1 Å². The van der Waals surface area contributed by atoms with Crippen molar-refractivity contribution >= 4 is 28.3 Å². The van der Waals surface area contributed by atoms with E-state index < -0.39 is 0 Å². The van der Waals surface area contributed by atoms with Crippen LogP contribution in [0.1, 0.15) is 12.8 Å². The maximum Gasteiger partial charge on any atom is 0.139 e.